The Hall–Kier alpha value is -0.830. The van der Waals surface area contributed by atoms with Crippen LogP contribution in [0.4, 0.5) is 0 Å². The second kappa shape index (κ2) is 3.92. The van der Waals surface area contributed by atoms with E-state index in [1.807, 2.05) is 13.2 Å². The quantitative estimate of drug-likeness (QED) is 0.732. The molecule has 1 aliphatic carbocycles. The molecule has 3 heteroatoms. The van der Waals surface area contributed by atoms with E-state index >= 15 is 0 Å². The van der Waals surface area contributed by atoms with Crippen molar-refractivity contribution >= 4 is 0 Å². The Kier molecular flexibility index (Phi) is 2.64. The monoisotopic (exact) mass is 179 g/mol. The zero-order valence-electron chi connectivity index (χ0n) is 8.16. The first-order valence-corrected chi connectivity index (χ1v) is 5.05. The number of hydrogen-bond acceptors (Lipinski definition) is 2. The Balaban J connectivity index is 1.93. The molecule has 1 aromatic rings. The summed E-state index contributed by atoms with van der Waals surface area (Å²) in [4.78, 5) is 0. The minimum absolute atomic E-state index is 0.910. The van der Waals surface area contributed by atoms with E-state index in [9.17, 15) is 0 Å². The maximum Gasteiger partial charge on any atom is 0.0492 e. The Bertz CT molecular complexity index is 263. The van der Waals surface area contributed by atoms with Crippen molar-refractivity contribution in [1.82, 2.24) is 15.1 Å². The molecule has 0 spiro atoms. The predicted octanol–water partition coefficient (Wildman–Crippen LogP) is 1.05. The van der Waals surface area contributed by atoms with E-state index in [0.717, 1.165) is 25.4 Å². The molecule has 0 aromatic carbocycles. The van der Waals surface area contributed by atoms with Gasteiger partial charge in [0.25, 0.3) is 0 Å². The van der Waals surface area contributed by atoms with Crippen LogP contribution >= 0.6 is 0 Å². The second-order valence-corrected chi connectivity index (χ2v) is 3.80. The molecule has 1 N–H and O–H groups in total. The molecule has 1 aliphatic rings. The molecular formula is C10H17N3. The highest BCUT2D eigenvalue weighted by Crippen LogP contribution is 2.30. The van der Waals surface area contributed by atoms with Crippen molar-refractivity contribution in [3.05, 3.63) is 18.0 Å². The van der Waals surface area contributed by atoms with E-state index in [4.69, 9.17) is 0 Å². The Morgan fingerprint density at radius 2 is 2.46 bits per heavy atom. The van der Waals surface area contributed by atoms with Gasteiger partial charge in [-0.2, -0.15) is 5.10 Å². The SMILES string of the molecule is CNCCc1ccnn1CC1CC1. The van der Waals surface area contributed by atoms with Crippen LogP contribution in [0.2, 0.25) is 0 Å². The molecule has 1 saturated carbocycles. The van der Waals surface area contributed by atoms with Gasteiger partial charge in [-0.1, -0.05) is 0 Å². The third-order valence-corrected chi connectivity index (χ3v) is 2.56. The molecule has 0 bridgehead atoms. The summed E-state index contributed by atoms with van der Waals surface area (Å²) in [5, 5.41) is 7.50. The molecule has 72 valence electrons. The summed E-state index contributed by atoms with van der Waals surface area (Å²) in [6.45, 7) is 2.17. The number of nitrogens with zero attached hydrogens (tertiary/aromatic N) is 2. The summed E-state index contributed by atoms with van der Waals surface area (Å²) in [5.41, 5.74) is 1.36. The van der Waals surface area contributed by atoms with Gasteiger partial charge in [0.1, 0.15) is 0 Å². The largest absolute Gasteiger partial charge is 0.319 e. The highest BCUT2D eigenvalue weighted by atomic mass is 15.3. The summed E-state index contributed by atoms with van der Waals surface area (Å²) in [5.74, 6) is 0.910. The first kappa shape index (κ1) is 8.75. The van der Waals surface area contributed by atoms with Crippen molar-refractivity contribution < 1.29 is 0 Å². The first-order valence-electron chi connectivity index (χ1n) is 5.05. The lowest BCUT2D eigenvalue weighted by atomic mass is 10.3. The van der Waals surface area contributed by atoms with Crippen LogP contribution in [-0.4, -0.2) is 23.4 Å². The van der Waals surface area contributed by atoms with Crippen molar-refractivity contribution in [2.45, 2.75) is 25.8 Å². The molecule has 3 nitrogen and oxygen atoms in total. The van der Waals surface area contributed by atoms with Crippen molar-refractivity contribution in [2.75, 3.05) is 13.6 Å². The predicted molar refractivity (Wildman–Crippen MR) is 52.6 cm³/mol. The summed E-state index contributed by atoms with van der Waals surface area (Å²) >= 11 is 0. The summed E-state index contributed by atoms with van der Waals surface area (Å²) in [6.07, 6.45) is 5.78. The highest BCUT2D eigenvalue weighted by Gasteiger charge is 2.22. The number of nitrogens with one attached hydrogen (secondary N) is 1. The van der Waals surface area contributed by atoms with Crippen molar-refractivity contribution in [1.29, 1.82) is 0 Å². The fourth-order valence-electron chi connectivity index (χ4n) is 1.53. The molecule has 0 radical (unpaired) electrons. The second-order valence-electron chi connectivity index (χ2n) is 3.80. The van der Waals surface area contributed by atoms with Gasteiger partial charge in [0.2, 0.25) is 0 Å². The summed E-state index contributed by atoms with van der Waals surface area (Å²) in [6, 6.07) is 2.12. The van der Waals surface area contributed by atoms with Gasteiger partial charge in [0.05, 0.1) is 0 Å². The minimum Gasteiger partial charge on any atom is -0.319 e. The van der Waals surface area contributed by atoms with Gasteiger partial charge in [-0.05, 0) is 31.9 Å². The number of likely N-dealkylation sites (N-methyl/N-ethyl adjacent to an activating group) is 1. The van der Waals surface area contributed by atoms with Gasteiger partial charge in [-0.25, -0.2) is 0 Å². The molecule has 13 heavy (non-hydrogen) atoms. The Morgan fingerprint density at radius 3 is 3.15 bits per heavy atom. The van der Waals surface area contributed by atoms with Gasteiger partial charge in [0, 0.05) is 31.4 Å². The first-order chi connectivity index (χ1) is 6.40. The minimum atomic E-state index is 0.910. The van der Waals surface area contributed by atoms with Crippen molar-refractivity contribution in [3.8, 4) is 0 Å². The van der Waals surface area contributed by atoms with Crippen LogP contribution in [0, 0.1) is 5.92 Å². The smallest absolute Gasteiger partial charge is 0.0492 e. The van der Waals surface area contributed by atoms with Gasteiger partial charge in [-0.15, -0.1) is 0 Å². The van der Waals surface area contributed by atoms with E-state index < -0.39 is 0 Å². The van der Waals surface area contributed by atoms with Gasteiger partial charge >= 0.3 is 0 Å². The molecule has 1 heterocycles. The average molecular weight is 179 g/mol. The van der Waals surface area contributed by atoms with E-state index in [1.54, 1.807) is 0 Å². The van der Waals surface area contributed by atoms with E-state index in [2.05, 4.69) is 21.2 Å². The van der Waals surface area contributed by atoms with E-state index in [0.29, 0.717) is 0 Å². The standard InChI is InChI=1S/C10H17N3/c1-11-6-4-10-5-7-12-13(10)8-9-2-3-9/h5,7,9,11H,2-4,6,8H2,1H3. The highest BCUT2D eigenvalue weighted by molar-refractivity contribution is 5.01. The van der Waals surface area contributed by atoms with Crippen LogP contribution in [0.5, 0.6) is 0 Å². The maximum atomic E-state index is 4.34. The Morgan fingerprint density at radius 1 is 1.62 bits per heavy atom. The number of rotatable bonds is 5. The van der Waals surface area contributed by atoms with E-state index in [-0.39, 0.29) is 0 Å². The molecule has 0 amide bonds. The van der Waals surface area contributed by atoms with Crippen LogP contribution < -0.4 is 5.32 Å². The van der Waals surface area contributed by atoms with Crippen molar-refractivity contribution in [2.24, 2.45) is 5.92 Å². The summed E-state index contributed by atoms with van der Waals surface area (Å²) in [7, 11) is 1.99. The van der Waals surface area contributed by atoms with Crippen molar-refractivity contribution in [3.63, 3.8) is 0 Å². The molecular weight excluding hydrogens is 162 g/mol. The lowest BCUT2D eigenvalue weighted by molar-refractivity contribution is 0.535. The molecule has 0 atom stereocenters. The molecule has 0 aliphatic heterocycles. The third-order valence-electron chi connectivity index (χ3n) is 2.56. The summed E-state index contributed by atoms with van der Waals surface area (Å²) < 4.78 is 2.16. The van der Waals surface area contributed by atoms with Gasteiger partial charge in [0.15, 0.2) is 0 Å². The van der Waals surface area contributed by atoms with Crippen LogP contribution in [0.3, 0.4) is 0 Å². The molecule has 2 rings (SSSR count). The topological polar surface area (TPSA) is 29.9 Å². The fraction of sp³-hybridized carbons (Fsp3) is 0.700. The zero-order chi connectivity index (χ0) is 9.10. The zero-order valence-corrected chi connectivity index (χ0v) is 8.16. The average Bonchev–Trinajstić information content (AvgIpc) is 2.82. The number of hydrogen-bond donors (Lipinski definition) is 1. The lowest BCUT2D eigenvalue weighted by Gasteiger charge is -2.05. The maximum absolute atomic E-state index is 4.34. The Labute approximate surface area is 79.1 Å². The molecule has 1 aromatic heterocycles. The fourth-order valence-corrected chi connectivity index (χ4v) is 1.53. The van der Waals surface area contributed by atoms with Crippen LogP contribution in [0.1, 0.15) is 18.5 Å². The molecule has 0 unspecified atom stereocenters. The van der Waals surface area contributed by atoms with Crippen LogP contribution in [0.25, 0.3) is 0 Å². The van der Waals surface area contributed by atoms with Gasteiger partial charge < -0.3 is 5.32 Å². The third kappa shape index (κ3) is 2.31. The normalized spacial score (nSPS) is 16.4. The van der Waals surface area contributed by atoms with Gasteiger partial charge in [-0.3, -0.25) is 4.68 Å². The van der Waals surface area contributed by atoms with E-state index in [1.165, 1.54) is 18.5 Å². The van der Waals surface area contributed by atoms with Crippen LogP contribution in [0.15, 0.2) is 12.3 Å². The lowest BCUT2D eigenvalue weighted by Crippen LogP contribution is -2.14. The van der Waals surface area contributed by atoms with Crippen LogP contribution in [-0.2, 0) is 13.0 Å². The number of aromatic nitrogens is 2. The molecule has 1 fully saturated rings. The molecule has 0 saturated heterocycles.